The molecule has 52 valence electrons. The molecule has 1 heterocycles. The van der Waals surface area contributed by atoms with Crippen LogP contribution >= 0.6 is 48.8 Å². The summed E-state index contributed by atoms with van der Waals surface area (Å²) >= 11 is 12.1. The van der Waals surface area contributed by atoms with E-state index >= 15 is 0 Å². The summed E-state index contributed by atoms with van der Waals surface area (Å²) in [6.07, 6.45) is 1.00. The highest BCUT2D eigenvalue weighted by Gasteiger charge is 2.07. The van der Waals surface area contributed by atoms with Gasteiger partial charge in [-0.15, -0.1) is 23.5 Å². The molecule has 4 heteroatoms. The summed E-state index contributed by atoms with van der Waals surface area (Å²) in [7, 11) is 0. The molecule has 0 nitrogen and oxygen atoms in total. The molecule has 0 aliphatic carbocycles. The Morgan fingerprint density at radius 1 is 1.67 bits per heavy atom. The third-order valence-corrected chi connectivity index (χ3v) is 3.55. The Balaban J connectivity index is 2.26. The molecule has 1 aliphatic rings. The maximum absolute atomic E-state index is 4.17. The van der Waals surface area contributed by atoms with Gasteiger partial charge in [0, 0.05) is 9.67 Å². The zero-order valence-corrected chi connectivity index (χ0v) is 8.20. The topological polar surface area (TPSA) is 0 Å². The number of thioether (sulfide) groups is 2. The van der Waals surface area contributed by atoms with Crippen molar-refractivity contribution in [2.75, 3.05) is 5.08 Å². The largest absolute Gasteiger partial charge is 0.165 e. The molecule has 1 rings (SSSR count). The van der Waals surface area contributed by atoms with Crippen LogP contribution in [-0.2, 0) is 0 Å². The van der Waals surface area contributed by atoms with E-state index in [1.54, 1.807) is 0 Å². The molecule has 0 unspecified atom stereocenters. The van der Waals surface area contributed by atoms with Crippen molar-refractivity contribution in [1.82, 2.24) is 0 Å². The van der Waals surface area contributed by atoms with Gasteiger partial charge in [0.1, 0.15) is 0 Å². The Kier molecular flexibility index (Phi) is 3.76. The van der Waals surface area contributed by atoms with Gasteiger partial charge < -0.3 is 0 Å². The SMILES string of the molecule is SC(S)CC1=CSCS1. The molecule has 0 saturated carbocycles. The molecule has 0 fully saturated rings. The number of hydrogen-bond donors (Lipinski definition) is 2. The highest BCUT2D eigenvalue weighted by molar-refractivity contribution is 8.22. The molecule has 0 atom stereocenters. The number of thiol groups is 2. The van der Waals surface area contributed by atoms with Gasteiger partial charge in [0.05, 0.1) is 0 Å². The Labute approximate surface area is 75.1 Å². The fourth-order valence-electron chi connectivity index (χ4n) is 0.558. The van der Waals surface area contributed by atoms with E-state index in [9.17, 15) is 0 Å². The van der Waals surface area contributed by atoms with Crippen molar-refractivity contribution in [3.05, 3.63) is 10.3 Å². The van der Waals surface area contributed by atoms with Crippen molar-refractivity contribution in [2.24, 2.45) is 0 Å². The van der Waals surface area contributed by atoms with Gasteiger partial charge in [-0.1, -0.05) is 0 Å². The van der Waals surface area contributed by atoms with Crippen LogP contribution in [0.4, 0.5) is 0 Å². The van der Waals surface area contributed by atoms with Crippen molar-refractivity contribution in [3.8, 4) is 0 Å². The first kappa shape index (κ1) is 8.24. The quantitative estimate of drug-likeness (QED) is 0.515. The number of hydrogen-bond acceptors (Lipinski definition) is 4. The van der Waals surface area contributed by atoms with E-state index in [1.807, 2.05) is 23.5 Å². The third-order valence-electron chi connectivity index (χ3n) is 0.911. The fraction of sp³-hybridized carbons (Fsp3) is 0.600. The van der Waals surface area contributed by atoms with Crippen molar-refractivity contribution < 1.29 is 0 Å². The molecule has 1 aliphatic heterocycles. The van der Waals surface area contributed by atoms with Gasteiger partial charge in [0.25, 0.3) is 0 Å². The first-order valence-corrected chi connectivity index (χ1v) is 5.65. The van der Waals surface area contributed by atoms with Crippen LogP contribution in [0, 0.1) is 0 Å². The van der Waals surface area contributed by atoms with E-state index in [4.69, 9.17) is 0 Å². The van der Waals surface area contributed by atoms with E-state index in [0.29, 0.717) is 0 Å². The lowest BCUT2D eigenvalue weighted by Crippen LogP contribution is -1.85. The first-order valence-electron chi connectivity index (χ1n) is 2.58. The van der Waals surface area contributed by atoms with Crippen LogP contribution in [0.1, 0.15) is 6.42 Å². The summed E-state index contributed by atoms with van der Waals surface area (Å²) in [5.41, 5.74) is 0. The second-order valence-corrected chi connectivity index (χ2v) is 5.68. The summed E-state index contributed by atoms with van der Waals surface area (Å²) < 4.78 is 0.211. The molecule has 0 aromatic heterocycles. The minimum absolute atomic E-state index is 0.211. The van der Waals surface area contributed by atoms with Gasteiger partial charge in [0.2, 0.25) is 0 Å². The zero-order chi connectivity index (χ0) is 6.69. The van der Waals surface area contributed by atoms with E-state index in [0.717, 1.165) is 6.42 Å². The number of rotatable bonds is 2. The Bertz CT molecular complexity index is 118. The Morgan fingerprint density at radius 2 is 2.44 bits per heavy atom. The average Bonchev–Trinajstić information content (AvgIpc) is 2.15. The molecular formula is C5H8S4. The molecule has 0 spiro atoms. The summed E-state index contributed by atoms with van der Waals surface area (Å²) in [6.45, 7) is 0. The normalized spacial score (nSPS) is 18.8. The molecule has 0 bridgehead atoms. The van der Waals surface area contributed by atoms with Gasteiger partial charge in [-0.25, -0.2) is 0 Å². The molecule has 0 N–H and O–H groups in total. The van der Waals surface area contributed by atoms with E-state index in [-0.39, 0.29) is 4.58 Å². The lowest BCUT2D eigenvalue weighted by Gasteiger charge is -2.00. The lowest BCUT2D eigenvalue weighted by molar-refractivity contribution is 1.18. The second-order valence-electron chi connectivity index (χ2n) is 1.70. The van der Waals surface area contributed by atoms with Crippen molar-refractivity contribution >= 4 is 48.8 Å². The van der Waals surface area contributed by atoms with Crippen LogP contribution in [-0.4, -0.2) is 9.67 Å². The predicted molar refractivity (Wildman–Crippen MR) is 54.5 cm³/mol. The van der Waals surface area contributed by atoms with E-state index < -0.39 is 0 Å². The molecule has 0 aromatic carbocycles. The van der Waals surface area contributed by atoms with E-state index in [1.165, 1.54) is 9.99 Å². The molecule has 0 amide bonds. The minimum Gasteiger partial charge on any atom is -0.165 e. The third kappa shape index (κ3) is 3.16. The molecule has 9 heavy (non-hydrogen) atoms. The lowest BCUT2D eigenvalue weighted by atomic mass is 10.5. The second kappa shape index (κ2) is 4.11. The minimum atomic E-state index is 0.211. The van der Waals surface area contributed by atoms with Crippen molar-refractivity contribution in [1.29, 1.82) is 0 Å². The van der Waals surface area contributed by atoms with Crippen LogP contribution in [0.3, 0.4) is 0 Å². The molecule has 0 radical (unpaired) electrons. The molecule has 0 saturated heterocycles. The van der Waals surface area contributed by atoms with Crippen molar-refractivity contribution in [3.63, 3.8) is 0 Å². The fourth-order valence-corrected chi connectivity index (χ4v) is 3.39. The molecule has 0 aromatic rings. The van der Waals surface area contributed by atoms with E-state index in [2.05, 4.69) is 30.7 Å². The standard InChI is InChI=1S/C5H8S4/c6-5(7)1-4-2-8-3-9-4/h2,5-7H,1,3H2. The highest BCUT2D eigenvalue weighted by atomic mass is 32.2. The highest BCUT2D eigenvalue weighted by Crippen LogP contribution is 2.35. The Morgan fingerprint density at radius 3 is 2.89 bits per heavy atom. The van der Waals surface area contributed by atoms with Crippen LogP contribution in [0.15, 0.2) is 10.3 Å². The summed E-state index contributed by atoms with van der Waals surface area (Å²) in [4.78, 5) is 1.43. The average molecular weight is 196 g/mol. The predicted octanol–water partition coefficient (Wildman–Crippen LogP) is 2.84. The van der Waals surface area contributed by atoms with Gasteiger partial charge >= 0.3 is 0 Å². The monoisotopic (exact) mass is 196 g/mol. The Hall–Kier alpha value is 1.14. The first-order chi connectivity index (χ1) is 4.29. The molecular weight excluding hydrogens is 188 g/mol. The van der Waals surface area contributed by atoms with Crippen LogP contribution in [0.25, 0.3) is 0 Å². The zero-order valence-electron chi connectivity index (χ0n) is 4.78. The van der Waals surface area contributed by atoms with Gasteiger partial charge in [-0.05, 0) is 16.7 Å². The van der Waals surface area contributed by atoms with Crippen LogP contribution in [0.2, 0.25) is 0 Å². The maximum Gasteiger partial charge on any atom is 0.0487 e. The van der Waals surface area contributed by atoms with Crippen LogP contribution in [0.5, 0.6) is 0 Å². The smallest absolute Gasteiger partial charge is 0.0487 e. The van der Waals surface area contributed by atoms with Crippen LogP contribution < -0.4 is 0 Å². The van der Waals surface area contributed by atoms with Gasteiger partial charge in [-0.3, -0.25) is 0 Å². The van der Waals surface area contributed by atoms with Crippen molar-refractivity contribution in [2.45, 2.75) is 11.0 Å². The summed E-state index contributed by atoms with van der Waals surface area (Å²) in [5.74, 6) is 0. The summed E-state index contributed by atoms with van der Waals surface area (Å²) in [6, 6.07) is 0. The van der Waals surface area contributed by atoms with Gasteiger partial charge in [0.15, 0.2) is 0 Å². The van der Waals surface area contributed by atoms with Gasteiger partial charge in [-0.2, -0.15) is 25.3 Å². The number of allylic oxidation sites excluding steroid dienone is 1. The summed E-state index contributed by atoms with van der Waals surface area (Å²) in [5, 5.41) is 3.37. The maximum atomic E-state index is 4.17.